The highest BCUT2D eigenvalue weighted by Gasteiger charge is 2.24. The van der Waals surface area contributed by atoms with Crippen molar-refractivity contribution in [2.45, 2.75) is 11.5 Å². The zero-order valence-electron chi connectivity index (χ0n) is 12.5. The molecule has 0 fully saturated rings. The van der Waals surface area contributed by atoms with Crippen LogP contribution in [0, 0.1) is 5.82 Å². The summed E-state index contributed by atoms with van der Waals surface area (Å²) in [5.74, 6) is -0.777. The Bertz CT molecular complexity index is 1070. The van der Waals surface area contributed by atoms with Gasteiger partial charge in [0, 0.05) is 17.1 Å². The van der Waals surface area contributed by atoms with Crippen LogP contribution in [0.1, 0.15) is 5.56 Å². The largest absolute Gasteiger partial charge is 0.392 e. The maximum absolute atomic E-state index is 14.2. The van der Waals surface area contributed by atoms with Gasteiger partial charge in [0.25, 0.3) is 10.0 Å². The maximum Gasteiger partial charge on any atom is 0.268 e. The Balaban J connectivity index is 2.29. The van der Waals surface area contributed by atoms with Crippen LogP contribution in [0.2, 0.25) is 5.02 Å². The van der Waals surface area contributed by atoms with Crippen LogP contribution in [0.25, 0.3) is 10.9 Å². The number of halogens is 2. The first kappa shape index (κ1) is 17.6. The normalized spacial score (nSPS) is 11.9. The number of aromatic nitrogens is 1. The van der Waals surface area contributed by atoms with Gasteiger partial charge in [-0.3, -0.25) is 10.4 Å². The van der Waals surface area contributed by atoms with Gasteiger partial charge in [-0.15, -0.1) is 5.23 Å². The molecule has 2 aromatic carbocycles. The number of aliphatic hydroxyl groups excluding tert-OH is 1. The summed E-state index contributed by atoms with van der Waals surface area (Å²) in [6, 6.07) is 7.25. The van der Waals surface area contributed by atoms with E-state index >= 15 is 0 Å². The van der Waals surface area contributed by atoms with Crippen LogP contribution in [0.4, 0.5) is 10.1 Å². The Labute approximate surface area is 146 Å². The minimum absolute atomic E-state index is 0.0939. The fourth-order valence-corrected chi connectivity index (χ4v) is 4.12. The first-order valence-electron chi connectivity index (χ1n) is 6.89. The molecule has 0 spiro atoms. The molecule has 132 valence electrons. The molecule has 25 heavy (non-hydrogen) atoms. The van der Waals surface area contributed by atoms with Crippen molar-refractivity contribution in [1.82, 2.24) is 3.97 Å². The second kappa shape index (κ2) is 6.28. The molecule has 0 aliphatic heterocycles. The second-order valence-electron chi connectivity index (χ2n) is 5.15. The topological polar surface area (TPSA) is 103 Å². The van der Waals surface area contributed by atoms with Crippen molar-refractivity contribution in [2.75, 3.05) is 5.23 Å². The van der Waals surface area contributed by atoms with Crippen LogP contribution >= 0.6 is 11.6 Å². The van der Waals surface area contributed by atoms with E-state index < -0.39 is 22.4 Å². The van der Waals surface area contributed by atoms with E-state index in [-0.39, 0.29) is 37.3 Å². The van der Waals surface area contributed by atoms with Gasteiger partial charge in [-0.1, -0.05) is 23.7 Å². The Morgan fingerprint density at radius 3 is 2.56 bits per heavy atom. The molecule has 7 nitrogen and oxygen atoms in total. The number of benzene rings is 2. The van der Waals surface area contributed by atoms with Crippen molar-refractivity contribution in [2.24, 2.45) is 0 Å². The molecule has 0 saturated carbocycles. The summed E-state index contributed by atoms with van der Waals surface area (Å²) in [5, 5.41) is 27.5. The number of hydrogen-bond donors (Lipinski definition) is 3. The van der Waals surface area contributed by atoms with Crippen molar-refractivity contribution in [3.63, 3.8) is 0 Å². The molecule has 0 atom stereocenters. The lowest BCUT2D eigenvalue weighted by atomic mass is 10.2. The lowest BCUT2D eigenvalue weighted by Gasteiger charge is -2.13. The Morgan fingerprint density at radius 2 is 1.92 bits per heavy atom. The van der Waals surface area contributed by atoms with Gasteiger partial charge in [0.1, 0.15) is 17.0 Å². The monoisotopic (exact) mass is 386 g/mol. The van der Waals surface area contributed by atoms with Crippen LogP contribution in [0.5, 0.6) is 0 Å². The van der Waals surface area contributed by atoms with E-state index in [4.69, 9.17) is 22.0 Å². The van der Waals surface area contributed by atoms with E-state index in [0.29, 0.717) is 3.97 Å². The predicted molar refractivity (Wildman–Crippen MR) is 87.9 cm³/mol. The molecule has 3 N–H and O–H groups in total. The zero-order chi connectivity index (χ0) is 18.4. The lowest BCUT2D eigenvalue weighted by molar-refractivity contribution is 0.0291. The smallest absolute Gasteiger partial charge is 0.268 e. The summed E-state index contributed by atoms with van der Waals surface area (Å²) < 4.78 is 40.8. The van der Waals surface area contributed by atoms with E-state index in [1.165, 1.54) is 12.1 Å². The summed E-state index contributed by atoms with van der Waals surface area (Å²) in [6.07, 6.45) is 1.12. The van der Waals surface area contributed by atoms with E-state index in [1.54, 1.807) is 0 Å². The highest BCUT2D eigenvalue weighted by Crippen LogP contribution is 2.31. The van der Waals surface area contributed by atoms with Crippen LogP contribution in [0.3, 0.4) is 0 Å². The van der Waals surface area contributed by atoms with Crippen LogP contribution in [-0.2, 0) is 16.6 Å². The molecule has 0 radical (unpaired) electrons. The molecular weight excluding hydrogens is 375 g/mol. The molecule has 10 heteroatoms. The average molecular weight is 387 g/mol. The van der Waals surface area contributed by atoms with Gasteiger partial charge in [-0.25, -0.2) is 16.8 Å². The van der Waals surface area contributed by atoms with E-state index in [9.17, 15) is 17.9 Å². The van der Waals surface area contributed by atoms with Crippen molar-refractivity contribution in [3.05, 3.63) is 59.0 Å². The van der Waals surface area contributed by atoms with Crippen molar-refractivity contribution >= 4 is 38.2 Å². The molecule has 0 saturated heterocycles. The van der Waals surface area contributed by atoms with Crippen LogP contribution in [-0.4, -0.2) is 27.9 Å². The lowest BCUT2D eigenvalue weighted by Crippen LogP contribution is -2.15. The van der Waals surface area contributed by atoms with Crippen LogP contribution in [0.15, 0.2) is 47.5 Å². The fourth-order valence-electron chi connectivity index (χ4n) is 2.51. The molecule has 0 aliphatic rings. The molecule has 3 rings (SSSR count). The quantitative estimate of drug-likeness (QED) is 0.596. The highest BCUT2D eigenvalue weighted by molar-refractivity contribution is 7.90. The molecule has 0 bridgehead atoms. The van der Waals surface area contributed by atoms with Gasteiger partial charge >= 0.3 is 0 Å². The minimum atomic E-state index is -4.29. The highest BCUT2D eigenvalue weighted by atomic mass is 35.5. The maximum atomic E-state index is 14.2. The first-order valence-corrected chi connectivity index (χ1v) is 8.71. The van der Waals surface area contributed by atoms with Gasteiger partial charge in [-0.05, 0) is 24.3 Å². The fraction of sp³-hybridized carbons (Fsp3) is 0.0667. The SMILES string of the molecule is O=S(=O)(c1ccc(Cl)c(N(O)O)c1)n1cc(CO)c2cccc(F)c21. The third kappa shape index (κ3) is 2.86. The third-order valence-corrected chi connectivity index (χ3v) is 5.66. The van der Waals surface area contributed by atoms with Gasteiger partial charge in [0.2, 0.25) is 0 Å². The molecule has 0 amide bonds. The van der Waals surface area contributed by atoms with Crippen molar-refractivity contribution < 1.29 is 28.3 Å². The molecule has 1 aromatic heterocycles. The minimum Gasteiger partial charge on any atom is -0.392 e. The van der Waals surface area contributed by atoms with Gasteiger partial charge in [0.15, 0.2) is 0 Å². The summed E-state index contributed by atoms with van der Waals surface area (Å²) in [5.41, 5.74) is -0.340. The third-order valence-electron chi connectivity index (χ3n) is 3.69. The average Bonchev–Trinajstić information content (AvgIpc) is 2.95. The molecule has 1 heterocycles. The first-order chi connectivity index (χ1) is 11.8. The molecule has 0 unspecified atom stereocenters. The van der Waals surface area contributed by atoms with Crippen molar-refractivity contribution in [3.8, 4) is 0 Å². The number of rotatable bonds is 4. The number of hydrogen-bond acceptors (Lipinski definition) is 6. The summed E-state index contributed by atoms with van der Waals surface area (Å²) in [4.78, 5) is -0.343. The predicted octanol–water partition coefficient (Wildman–Crippen LogP) is 2.75. The zero-order valence-corrected chi connectivity index (χ0v) is 14.0. The summed E-state index contributed by atoms with van der Waals surface area (Å²) in [7, 11) is -4.29. The Hall–Kier alpha value is -2.17. The van der Waals surface area contributed by atoms with Gasteiger partial charge in [0.05, 0.1) is 16.5 Å². The van der Waals surface area contributed by atoms with E-state index in [2.05, 4.69) is 0 Å². The Morgan fingerprint density at radius 1 is 1.20 bits per heavy atom. The number of aliphatic hydroxyl groups is 1. The molecular formula is C15H12ClFN2O5S. The van der Waals surface area contributed by atoms with E-state index in [0.717, 1.165) is 30.5 Å². The number of nitrogens with zero attached hydrogens (tertiary/aromatic N) is 2. The number of fused-ring (bicyclic) bond motifs is 1. The number of para-hydroxylation sites is 1. The van der Waals surface area contributed by atoms with Gasteiger partial charge in [-0.2, -0.15) is 0 Å². The molecule has 3 aromatic rings. The standard InChI is InChI=1S/C15H12ClFN2O5S/c16-12-5-4-10(6-14(12)19(21)22)25(23,24)18-7-9(8-20)11-2-1-3-13(17)15(11)18/h1-7,20-22H,8H2. The van der Waals surface area contributed by atoms with E-state index in [1.807, 2.05) is 0 Å². The van der Waals surface area contributed by atoms with Crippen LogP contribution < -0.4 is 5.23 Å². The van der Waals surface area contributed by atoms with Crippen molar-refractivity contribution in [1.29, 1.82) is 0 Å². The van der Waals surface area contributed by atoms with Gasteiger partial charge < -0.3 is 5.11 Å². The Kier molecular flexibility index (Phi) is 4.43. The summed E-state index contributed by atoms with van der Waals surface area (Å²) >= 11 is 5.78. The number of anilines is 1. The second-order valence-corrected chi connectivity index (χ2v) is 7.37. The molecule has 0 aliphatic carbocycles. The summed E-state index contributed by atoms with van der Waals surface area (Å²) in [6.45, 7) is -0.477.